The first kappa shape index (κ1) is 13.7. The lowest BCUT2D eigenvalue weighted by molar-refractivity contribution is 0.177. The zero-order valence-corrected chi connectivity index (χ0v) is 12.5. The van der Waals surface area contributed by atoms with Crippen LogP contribution in [0.25, 0.3) is 10.8 Å². The van der Waals surface area contributed by atoms with Crippen molar-refractivity contribution in [1.29, 1.82) is 0 Å². The Morgan fingerprint density at radius 1 is 1.45 bits per heavy atom. The monoisotopic (exact) mass is 292 g/mol. The van der Waals surface area contributed by atoms with Gasteiger partial charge >= 0.3 is 0 Å². The van der Waals surface area contributed by atoms with Crippen molar-refractivity contribution in [2.45, 2.75) is 31.8 Å². The molecule has 108 valence electrons. The molecule has 2 N–H and O–H groups in total. The normalized spacial score (nSPS) is 22.8. The molecule has 1 aliphatic rings. The van der Waals surface area contributed by atoms with Crippen molar-refractivity contribution in [3.8, 4) is 10.8 Å². The van der Waals surface area contributed by atoms with Crippen LogP contribution in [0.1, 0.15) is 25.2 Å². The maximum absolute atomic E-state index is 5.85. The highest BCUT2D eigenvalue weighted by molar-refractivity contribution is 7.13. The molecule has 1 fully saturated rings. The smallest absolute Gasteiger partial charge is 0.257 e. The summed E-state index contributed by atoms with van der Waals surface area (Å²) in [6.45, 7) is 1.46. The topological polar surface area (TPSA) is 68.2 Å². The molecule has 2 atom stereocenters. The second kappa shape index (κ2) is 6.03. The molecule has 0 aliphatic heterocycles. The second-order valence-electron chi connectivity index (χ2n) is 5.39. The van der Waals surface area contributed by atoms with Gasteiger partial charge in [0.1, 0.15) is 0 Å². The quantitative estimate of drug-likeness (QED) is 0.916. The van der Waals surface area contributed by atoms with E-state index in [4.69, 9.17) is 10.2 Å². The molecule has 2 unspecified atom stereocenters. The predicted molar refractivity (Wildman–Crippen MR) is 79.3 cm³/mol. The van der Waals surface area contributed by atoms with Crippen molar-refractivity contribution in [2.75, 3.05) is 13.6 Å². The van der Waals surface area contributed by atoms with E-state index in [2.05, 4.69) is 22.1 Å². The summed E-state index contributed by atoms with van der Waals surface area (Å²) in [6, 6.07) is 4.52. The van der Waals surface area contributed by atoms with Crippen LogP contribution >= 0.6 is 11.3 Å². The van der Waals surface area contributed by atoms with Crippen molar-refractivity contribution in [3.05, 3.63) is 23.4 Å². The van der Waals surface area contributed by atoms with Gasteiger partial charge in [-0.3, -0.25) is 4.90 Å². The standard InChI is InChI=1S/C14H20N4OS/c1-18(11-5-2-4-10(11)8-15)9-13-16-17-14(19-13)12-6-3-7-20-12/h3,6-7,10-11H,2,4-5,8-9,15H2,1H3. The van der Waals surface area contributed by atoms with Crippen LogP contribution in [0.15, 0.2) is 21.9 Å². The van der Waals surface area contributed by atoms with Gasteiger partial charge in [-0.25, -0.2) is 0 Å². The summed E-state index contributed by atoms with van der Waals surface area (Å²) in [5.74, 6) is 1.89. The zero-order valence-electron chi connectivity index (χ0n) is 11.7. The molecule has 0 radical (unpaired) electrons. The summed E-state index contributed by atoms with van der Waals surface area (Å²) in [6.07, 6.45) is 3.71. The van der Waals surface area contributed by atoms with Gasteiger partial charge in [0.15, 0.2) is 0 Å². The molecule has 2 heterocycles. The Labute approximate surface area is 122 Å². The summed E-state index contributed by atoms with van der Waals surface area (Å²) in [5.41, 5.74) is 5.85. The third kappa shape index (κ3) is 2.77. The molecule has 5 nitrogen and oxygen atoms in total. The molecule has 0 saturated heterocycles. The first-order valence-corrected chi connectivity index (χ1v) is 7.92. The summed E-state index contributed by atoms with van der Waals surface area (Å²) in [7, 11) is 2.12. The summed E-state index contributed by atoms with van der Waals surface area (Å²) in [4.78, 5) is 3.32. The second-order valence-corrected chi connectivity index (χ2v) is 6.34. The van der Waals surface area contributed by atoms with E-state index >= 15 is 0 Å². The lowest BCUT2D eigenvalue weighted by Crippen LogP contribution is -2.37. The molecule has 0 bridgehead atoms. The van der Waals surface area contributed by atoms with Crippen LogP contribution in [-0.2, 0) is 6.54 Å². The van der Waals surface area contributed by atoms with E-state index in [-0.39, 0.29) is 0 Å². The molecule has 0 spiro atoms. The molecule has 20 heavy (non-hydrogen) atoms. The third-order valence-electron chi connectivity index (χ3n) is 4.07. The zero-order chi connectivity index (χ0) is 13.9. The molecular weight excluding hydrogens is 272 g/mol. The average molecular weight is 292 g/mol. The fourth-order valence-electron chi connectivity index (χ4n) is 3.02. The minimum Gasteiger partial charge on any atom is -0.419 e. The van der Waals surface area contributed by atoms with E-state index in [0.717, 1.165) is 11.4 Å². The van der Waals surface area contributed by atoms with Crippen molar-refractivity contribution in [2.24, 2.45) is 11.7 Å². The maximum Gasteiger partial charge on any atom is 0.257 e. The maximum atomic E-state index is 5.85. The van der Waals surface area contributed by atoms with Crippen molar-refractivity contribution in [1.82, 2.24) is 15.1 Å². The van der Waals surface area contributed by atoms with E-state index in [9.17, 15) is 0 Å². The lowest BCUT2D eigenvalue weighted by Gasteiger charge is -2.27. The molecule has 3 rings (SSSR count). The van der Waals surface area contributed by atoms with Gasteiger partial charge < -0.3 is 10.2 Å². The van der Waals surface area contributed by atoms with Crippen LogP contribution in [0.5, 0.6) is 0 Å². The van der Waals surface area contributed by atoms with Crippen LogP contribution < -0.4 is 5.73 Å². The highest BCUT2D eigenvalue weighted by Crippen LogP contribution is 2.29. The van der Waals surface area contributed by atoms with E-state index in [1.807, 2.05) is 17.5 Å². The van der Waals surface area contributed by atoms with Crippen molar-refractivity contribution in [3.63, 3.8) is 0 Å². The molecular formula is C14H20N4OS. The van der Waals surface area contributed by atoms with Crippen molar-refractivity contribution >= 4 is 11.3 Å². The van der Waals surface area contributed by atoms with Gasteiger partial charge in [-0.15, -0.1) is 21.5 Å². The summed E-state index contributed by atoms with van der Waals surface area (Å²) < 4.78 is 5.74. The highest BCUT2D eigenvalue weighted by Gasteiger charge is 2.30. The molecule has 1 aliphatic carbocycles. The molecule has 2 aromatic rings. The molecule has 6 heteroatoms. The first-order valence-electron chi connectivity index (χ1n) is 7.04. The average Bonchev–Trinajstić information content (AvgIpc) is 3.19. The van der Waals surface area contributed by atoms with Crippen LogP contribution in [0, 0.1) is 5.92 Å². The fraction of sp³-hybridized carbons (Fsp3) is 0.571. The van der Waals surface area contributed by atoms with Crippen molar-refractivity contribution < 1.29 is 4.42 Å². The summed E-state index contributed by atoms with van der Waals surface area (Å²) in [5, 5.41) is 10.3. The van der Waals surface area contributed by atoms with Gasteiger partial charge in [-0.2, -0.15) is 0 Å². The Kier molecular flexibility index (Phi) is 4.14. The Balaban J connectivity index is 1.66. The molecule has 2 aromatic heterocycles. The predicted octanol–water partition coefficient (Wildman–Crippen LogP) is 2.36. The largest absolute Gasteiger partial charge is 0.419 e. The first-order chi connectivity index (χ1) is 9.78. The van der Waals surface area contributed by atoms with Gasteiger partial charge in [0.05, 0.1) is 11.4 Å². The van der Waals surface area contributed by atoms with Gasteiger partial charge in [-0.1, -0.05) is 12.5 Å². The Morgan fingerprint density at radius 3 is 3.10 bits per heavy atom. The van der Waals surface area contributed by atoms with Gasteiger partial charge in [0.2, 0.25) is 5.89 Å². The van der Waals surface area contributed by atoms with Gasteiger partial charge in [0, 0.05) is 6.04 Å². The number of nitrogens with zero attached hydrogens (tertiary/aromatic N) is 3. The number of nitrogens with two attached hydrogens (primary N) is 1. The number of hydrogen-bond donors (Lipinski definition) is 1. The van der Waals surface area contributed by atoms with Gasteiger partial charge in [0.25, 0.3) is 5.89 Å². The number of aromatic nitrogens is 2. The van der Waals surface area contributed by atoms with Crippen LogP contribution in [0.2, 0.25) is 0 Å². The van der Waals surface area contributed by atoms with Crippen LogP contribution in [0.4, 0.5) is 0 Å². The van der Waals surface area contributed by atoms with Crippen LogP contribution in [-0.4, -0.2) is 34.7 Å². The fourth-order valence-corrected chi connectivity index (χ4v) is 3.66. The van der Waals surface area contributed by atoms with E-state index in [1.54, 1.807) is 11.3 Å². The number of rotatable bonds is 5. The van der Waals surface area contributed by atoms with E-state index < -0.39 is 0 Å². The Hall–Kier alpha value is -1.24. The Bertz CT molecular complexity index is 539. The Morgan fingerprint density at radius 2 is 2.35 bits per heavy atom. The lowest BCUT2D eigenvalue weighted by atomic mass is 10.0. The van der Waals surface area contributed by atoms with Gasteiger partial charge in [-0.05, 0) is 43.8 Å². The third-order valence-corrected chi connectivity index (χ3v) is 4.93. The minimum absolute atomic E-state index is 0.539. The van der Waals surface area contributed by atoms with E-state index in [1.165, 1.54) is 19.3 Å². The van der Waals surface area contributed by atoms with E-state index in [0.29, 0.717) is 30.3 Å². The SMILES string of the molecule is CN(Cc1nnc(-c2cccs2)o1)C1CCCC1CN. The molecule has 1 saturated carbocycles. The highest BCUT2D eigenvalue weighted by atomic mass is 32.1. The number of hydrogen-bond acceptors (Lipinski definition) is 6. The summed E-state index contributed by atoms with van der Waals surface area (Å²) >= 11 is 1.61. The number of thiophene rings is 1. The van der Waals surface area contributed by atoms with Crippen LogP contribution in [0.3, 0.4) is 0 Å². The minimum atomic E-state index is 0.539. The molecule has 0 amide bonds. The molecule has 0 aromatic carbocycles.